The first-order chi connectivity index (χ1) is 13.2. The van der Waals surface area contributed by atoms with E-state index in [0.717, 1.165) is 30.8 Å². The van der Waals surface area contributed by atoms with Crippen molar-refractivity contribution in [1.82, 2.24) is 5.43 Å². The molecule has 2 rings (SSSR count). The highest BCUT2D eigenvalue weighted by Gasteiger charge is 2.03. The summed E-state index contributed by atoms with van der Waals surface area (Å²) in [7, 11) is 0. The van der Waals surface area contributed by atoms with Gasteiger partial charge in [0.15, 0.2) is 5.11 Å². The lowest BCUT2D eigenvalue weighted by Crippen LogP contribution is -2.24. The van der Waals surface area contributed by atoms with Gasteiger partial charge in [-0.2, -0.15) is 5.10 Å². The zero-order valence-corrected chi connectivity index (χ0v) is 17.4. The topological polar surface area (TPSA) is 39.7 Å². The summed E-state index contributed by atoms with van der Waals surface area (Å²) in [6.45, 7) is 8.66. The van der Waals surface area contributed by atoms with Crippen molar-refractivity contribution in [2.45, 2.75) is 40.0 Å². The number of anilines is 2. The Hall–Kier alpha value is -2.40. The van der Waals surface area contributed by atoms with Gasteiger partial charge in [-0.15, -0.1) is 0 Å². The van der Waals surface area contributed by atoms with E-state index in [1.165, 1.54) is 24.1 Å². The van der Waals surface area contributed by atoms with Crippen molar-refractivity contribution in [2.24, 2.45) is 5.10 Å². The fourth-order valence-corrected chi connectivity index (χ4v) is 3.02. The number of nitrogens with one attached hydrogen (secondary N) is 2. The molecule has 2 aromatic rings. The molecule has 0 aliphatic heterocycles. The Labute approximate surface area is 168 Å². The summed E-state index contributed by atoms with van der Waals surface area (Å²) in [6.07, 6.45) is 5.16. The van der Waals surface area contributed by atoms with E-state index in [1.54, 1.807) is 6.21 Å². The summed E-state index contributed by atoms with van der Waals surface area (Å²) in [4.78, 5) is 2.40. The number of hydrogen-bond donors (Lipinski definition) is 2. The minimum absolute atomic E-state index is 0.487. The van der Waals surface area contributed by atoms with Gasteiger partial charge in [-0.3, -0.25) is 5.43 Å². The summed E-state index contributed by atoms with van der Waals surface area (Å²) in [5.74, 6) is 0. The molecule has 2 aromatic carbocycles. The Kier molecular flexibility index (Phi) is 8.78. The number of thiocarbonyl (C=S) groups is 1. The molecule has 0 atom stereocenters. The quantitative estimate of drug-likeness (QED) is 0.355. The molecule has 5 heteroatoms. The van der Waals surface area contributed by atoms with Crippen LogP contribution in [-0.4, -0.2) is 24.4 Å². The van der Waals surface area contributed by atoms with Crippen LogP contribution in [0.5, 0.6) is 0 Å². The Bertz CT molecular complexity index is 740. The van der Waals surface area contributed by atoms with Gasteiger partial charge in [0.25, 0.3) is 0 Å². The number of rotatable bonds is 9. The second kappa shape index (κ2) is 11.3. The van der Waals surface area contributed by atoms with Crippen molar-refractivity contribution >= 4 is 34.9 Å². The smallest absolute Gasteiger partial charge is 0.191 e. The third-order valence-corrected chi connectivity index (χ3v) is 4.64. The standard InChI is InChI=1S/C22H30N4S/c1-4-7-16-26(6-3)20-14-12-18(13-15-20)17-23-25-22(27)24-21-11-9-8-10-19(21)5-2/h8-15,17H,4-7,16H2,1-3H3,(H2,24,25,27)/b23-17+. The molecule has 0 unspecified atom stereocenters. The lowest BCUT2D eigenvalue weighted by Gasteiger charge is -2.22. The third kappa shape index (κ3) is 6.68. The molecule has 0 bridgehead atoms. The minimum Gasteiger partial charge on any atom is -0.372 e. The highest BCUT2D eigenvalue weighted by Crippen LogP contribution is 2.16. The normalized spacial score (nSPS) is 10.8. The van der Waals surface area contributed by atoms with E-state index in [0.29, 0.717) is 5.11 Å². The highest BCUT2D eigenvalue weighted by atomic mass is 32.1. The first-order valence-electron chi connectivity index (χ1n) is 9.70. The second-order valence-electron chi connectivity index (χ2n) is 6.36. The molecule has 0 aliphatic rings. The van der Waals surface area contributed by atoms with E-state index in [-0.39, 0.29) is 0 Å². The lowest BCUT2D eigenvalue weighted by atomic mass is 10.1. The van der Waals surface area contributed by atoms with Crippen molar-refractivity contribution in [3.63, 3.8) is 0 Å². The summed E-state index contributed by atoms with van der Waals surface area (Å²) in [5.41, 5.74) is 7.42. The Morgan fingerprint density at radius 1 is 1.07 bits per heavy atom. The summed E-state index contributed by atoms with van der Waals surface area (Å²) >= 11 is 5.33. The molecular formula is C22H30N4S. The molecule has 4 nitrogen and oxygen atoms in total. The van der Waals surface area contributed by atoms with Crippen LogP contribution in [0.1, 0.15) is 44.7 Å². The van der Waals surface area contributed by atoms with Crippen LogP contribution in [0, 0.1) is 0 Å². The molecule has 2 N–H and O–H groups in total. The lowest BCUT2D eigenvalue weighted by molar-refractivity contribution is 0.732. The van der Waals surface area contributed by atoms with Gasteiger partial charge in [0.05, 0.1) is 6.21 Å². The number of aryl methyl sites for hydroxylation is 1. The van der Waals surface area contributed by atoms with E-state index in [9.17, 15) is 0 Å². The number of hydrazone groups is 1. The number of unbranched alkanes of at least 4 members (excludes halogenated alkanes) is 1. The van der Waals surface area contributed by atoms with Gasteiger partial charge in [-0.1, -0.05) is 50.6 Å². The fraction of sp³-hybridized carbons (Fsp3) is 0.364. The van der Waals surface area contributed by atoms with Gasteiger partial charge < -0.3 is 10.2 Å². The van der Waals surface area contributed by atoms with Gasteiger partial charge in [0, 0.05) is 24.5 Å². The third-order valence-electron chi connectivity index (χ3n) is 4.45. The zero-order chi connectivity index (χ0) is 19.5. The van der Waals surface area contributed by atoms with E-state index >= 15 is 0 Å². The van der Waals surface area contributed by atoms with Crippen molar-refractivity contribution in [3.8, 4) is 0 Å². The van der Waals surface area contributed by atoms with Crippen LogP contribution < -0.4 is 15.6 Å². The first-order valence-corrected chi connectivity index (χ1v) is 10.1. The van der Waals surface area contributed by atoms with Crippen LogP contribution in [-0.2, 0) is 6.42 Å². The monoisotopic (exact) mass is 382 g/mol. The average molecular weight is 383 g/mol. The van der Waals surface area contributed by atoms with Crippen LogP contribution in [0.4, 0.5) is 11.4 Å². The zero-order valence-electron chi connectivity index (χ0n) is 16.5. The van der Waals surface area contributed by atoms with E-state index in [2.05, 4.69) is 71.8 Å². The predicted octanol–water partition coefficient (Wildman–Crippen LogP) is 5.20. The number of para-hydroxylation sites is 1. The Morgan fingerprint density at radius 3 is 2.48 bits per heavy atom. The van der Waals surface area contributed by atoms with Gasteiger partial charge in [0.2, 0.25) is 0 Å². The summed E-state index contributed by atoms with van der Waals surface area (Å²) < 4.78 is 0. The maximum absolute atomic E-state index is 5.33. The molecule has 0 aliphatic carbocycles. The van der Waals surface area contributed by atoms with Crippen LogP contribution in [0.15, 0.2) is 53.6 Å². The number of hydrogen-bond acceptors (Lipinski definition) is 3. The molecule has 0 saturated heterocycles. The van der Waals surface area contributed by atoms with Crippen LogP contribution in [0.25, 0.3) is 0 Å². The number of nitrogens with zero attached hydrogens (tertiary/aromatic N) is 2. The number of benzene rings is 2. The summed E-state index contributed by atoms with van der Waals surface area (Å²) in [6, 6.07) is 16.6. The van der Waals surface area contributed by atoms with Gasteiger partial charge >= 0.3 is 0 Å². The maximum atomic E-state index is 5.33. The Balaban J connectivity index is 1.89. The highest BCUT2D eigenvalue weighted by molar-refractivity contribution is 7.80. The van der Waals surface area contributed by atoms with Crippen molar-refractivity contribution < 1.29 is 0 Å². The fourth-order valence-electron chi connectivity index (χ4n) is 2.86. The second-order valence-corrected chi connectivity index (χ2v) is 6.77. The predicted molar refractivity (Wildman–Crippen MR) is 122 cm³/mol. The molecule has 144 valence electrons. The van der Waals surface area contributed by atoms with E-state index < -0.39 is 0 Å². The SMILES string of the molecule is CCCCN(CC)c1ccc(/C=N/NC(=S)Nc2ccccc2CC)cc1. The van der Waals surface area contributed by atoms with E-state index in [1.807, 2.05) is 18.2 Å². The van der Waals surface area contributed by atoms with Crippen molar-refractivity contribution in [1.29, 1.82) is 0 Å². The summed E-state index contributed by atoms with van der Waals surface area (Å²) in [5, 5.41) is 7.93. The van der Waals surface area contributed by atoms with Crippen LogP contribution in [0.2, 0.25) is 0 Å². The van der Waals surface area contributed by atoms with Gasteiger partial charge in [-0.25, -0.2) is 0 Å². The van der Waals surface area contributed by atoms with Crippen LogP contribution >= 0.6 is 12.2 Å². The molecular weight excluding hydrogens is 352 g/mol. The molecule has 27 heavy (non-hydrogen) atoms. The molecule has 0 radical (unpaired) electrons. The molecule has 0 spiro atoms. The minimum atomic E-state index is 0.487. The Morgan fingerprint density at radius 2 is 1.81 bits per heavy atom. The molecule has 0 saturated carbocycles. The molecule has 0 heterocycles. The maximum Gasteiger partial charge on any atom is 0.191 e. The molecule has 0 aromatic heterocycles. The van der Waals surface area contributed by atoms with Crippen molar-refractivity contribution in [3.05, 3.63) is 59.7 Å². The van der Waals surface area contributed by atoms with Gasteiger partial charge in [-0.05, 0) is 61.3 Å². The van der Waals surface area contributed by atoms with Crippen molar-refractivity contribution in [2.75, 3.05) is 23.3 Å². The largest absolute Gasteiger partial charge is 0.372 e. The molecule has 0 fully saturated rings. The average Bonchev–Trinajstić information content (AvgIpc) is 2.70. The van der Waals surface area contributed by atoms with Gasteiger partial charge in [0.1, 0.15) is 0 Å². The first kappa shape index (κ1) is 20.9. The molecule has 0 amide bonds. The van der Waals surface area contributed by atoms with E-state index in [4.69, 9.17) is 12.2 Å². The van der Waals surface area contributed by atoms with Crippen LogP contribution in [0.3, 0.4) is 0 Å².